The number of methoxy groups -OCH3 is 1. The van der Waals surface area contributed by atoms with Gasteiger partial charge in [0, 0.05) is 0 Å². The molecule has 0 atom stereocenters. The lowest BCUT2D eigenvalue weighted by molar-refractivity contribution is 0.101. The van der Waals surface area contributed by atoms with Gasteiger partial charge in [-0.05, 0) is 26.0 Å². The summed E-state index contributed by atoms with van der Waals surface area (Å²) in [5.41, 5.74) is 2.18. The average Bonchev–Trinajstić information content (AvgIpc) is 3.14. The maximum absolute atomic E-state index is 12.5. The van der Waals surface area contributed by atoms with Gasteiger partial charge < -0.3 is 14.6 Å². The Bertz CT molecular complexity index is 817. The minimum absolute atomic E-state index is 0.191. The Labute approximate surface area is 132 Å². The third-order valence-corrected chi connectivity index (χ3v) is 3.41. The molecule has 0 aliphatic carbocycles. The van der Waals surface area contributed by atoms with Crippen molar-refractivity contribution in [3.63, 3.8) is 0 Å². The Balaban J connectivity index is 1.93. The zero-order valence-corrected chi connectivity index (χ0v) is 13.0. The smallest absolute Gasteiger partial charge is 0.280 e. The van der Waals surface area contributed by atoms with E-state index in [0.29, 0.717) is 22.9 Å². The summed E-state index contributed by atoms with van der Waals surface area (Å²) in [4.78, 5) is 12.5. The van der Waals surface area contributed by atoms with Crippen LogP contribution in [0.1, 0.15) is 21.9 Å². The van der Waals surface area contributed by atoms with E-state index < -0.39 is 0 Å². The number of nitrogens with one attached hydrogen (secondary N) is 1. The molecule has 0 saturated heterocycles. The number of para-hydroxylation sites is 1. The Kier molecular flexibility index (Phi) is 3.84. The second kappa shape index (κ2) is 5.96. The van der Waals surface area contributed by atoms with Crippen molar-refractivity contribution in [2.75, 3.05) is 12.4 Å². The van der Waals surface area contributed by atoms with E-state index in [1.807, 2.05) is 30.3 Å². The van der Waals surface area contributed by atoms with E-state index in [1.54, 1.807) is 24.7 Å². The van der Waals surface area contributed by atoms with Crippen LogP contribution in [0.5, 0.6) is 5.75 Å². The van der Waals surface area contributed by atoms with Gasteiger partial charge >= 0.3 is 0 Å². The van der Waals surface area contributed by atoms with Crippen LogP contribution in [0, 0.1) is 13.8 Å². The van der Waals surface area contributed by atoms with E-state index in [-0.39, 0.29) is 11.6 Å². The highest BCUT2D eigenvalue weighted by Gasteiger charge is 2.21. The maximum Gasteiger partial charge on any atom is 0.280 e. The van der Waals surface area contributed by atoms with Gasteiger partial charge in [0.1, 0.15) is 11.4 Å². The van der Waals surface area contributed by atoms with Crippen molar-refractivity contribution in [1.29, 1.82) is 0 Å². The molecule has 7 heteroatoms. The van der Waals surface area contributed by atoms with Crippen molar-refractivity contribution < 1.29 is 14.1 Å². The fraction of sp³-hybridized carbons (Fsp3) is 0.188. The number of nitrogens with zero attached hydrogens (tertiary/aromatic N) is 3. The first-order chi connectivity index (χ1) is 11.1. The molecule has 2 aromatic heterocycles. The Morgan fingerprint density at radius 2 is 2.00 bits per heavy atom. The first-order valence-electron chi connectivity index (χ1n) is 7.03. The van der Waals surface area contributed by atoms with Crippen LogP contribution in [0.25, 0.3) is 5.69 Å². The highest BCUT2D eigenvalue weighted by molar-refractivity contribution is 6.05. The molecule has 3 rings (SSSR count). The van der Waals surface area contributed by atoms with Crippen LogP contribution >= 0.6 is 0 Å². The molecule has 0 bridgehead atoms. The van der Waals surface area contributed by atoms with Crippen LogP contribution < -0.4 is 10.1 Å². The number of hydrogen-bond acceptors (Lipinski definition) is 5. The van der Waals surface area contributed by atoms with Crippen LogP contribution in [0.3, 0.4) is 0 Å². The third kappa shape index (κ3) is 2.80. The molecule has 0 aliphatic heterocycles. The first kappa shape index (κ1) is 14.8. The summed E-state index contributed by atoms with van der Waals surface area (Å²) in [6.07, 6.45) is 1.66. The number of ether oxygens (including phenoxy) is 1. The standard InChI is InChI=1S/C16H16N4O3/c1-10-14(11(2)23-19-10)17-16(21)15-13(22-3)9-20(18-15)12-7-5-4-6-8-12/h4-9H,1-3H3,(H,17,21). The lowest BCUT2D eigenvalue weighted by Gasteiger charge is -2.03. The molecule has 1 amide bonds. The summed E-state index contributed by atoms with van der Waals surface area (Å²) >= 11 is 0. The highest BCUT2D eigenvalue weighted by atomic mass is 16.5. The predicted octanol–water partition coefficient (Wildman–Crippen LogP) is 2.74. The Morgan fingerprint density at radius 1 is 1.26 bits per heavy atom. The van der Waals surface area contributed by atoms with Crippen molar-refractivity contribution >= 4 is 11.6 Å². The molecular weight excluding hydrogens is 296 g/mol. The van der Waals surface area contributed by atoms with Crippen LogP contribution in [-0.4, -0.2) is 28.0 Å². The quantitative estimate of drug-likeness (QED) is 0.801. The SMILES string of the molecule is COc1cn(-c2ccccc2)nc1C(=O)Nc1c(C)noc1C. The van der Waals surface area contributed by atoms with Crippen LogP contribution in [0.15, 0.2) is 41.1 Å². The molecule has 0 unspecified atom stereocenters. The second-order valence-electron chi connectivity index (χ2n) is 4.98. The minimum atomic E-state index is -0.383. The summed E-state index contributed by atoms with van der Waals surface area (Å²) in [6, 6.07) is 9.49. The van der Waals surface area contributed by atoms with E-state index in [9.17, 15) is 4.79 Å². The zero-order valence-electron chi connectivity index (χ0n) is 13.0. The molecule has 1 N–H and O–H groups in total. The van der Waals surface area contributed by atoms with Gasteiger partial charge in [-0.3, -0.25) is 4.79 Å². The molecular formula is C16H16N4O3. The molecule has 0 aliphatic rings. The number of anilines is 1. The topological polar surface area (TPSA) is 82.2 Å². The van der Waals surface area contributed by atoms with Gasteiger partial charge in [-0.25, -0.2) is 4.68 Å². The molecule has 0 radical (unpaired) electrons. The fourth-order valence-electron chi connectivity index (χ4n) is 2.21. The number of carbonyl (C=O) groups excluding carboxylic acids is 1. The summed E-state index contributed by atoms with van der Waals surface area (Å²) in [7, 11) is 1.50. The lowest BCUT2D eigenvalue weighted by atomic mass is 10.3. The van der Waals surface area contributed by atoms with E-state index in [4.69, 9.17) is 9.26 Å². The van der Waals surface area contributed by atoms with Gasteiger partial charge in [0.15, 0.2) is 17.2 Å². The molecule has 0 fully saturated rings. The molecule has 0 spiro atoms. The molecule has 7 nitrogen and oxygen atoms in total. The summed E-state index contributed by atoms with van der Waals surface area (Å²) in [5.74, 6) is 0.543. The van der Waals surface area contributed by atoms with Gasteiger partial charge in [0.05, 0.1) is 19.0 Å². The van der Waals surface area contributed by atoms with E-state index in [0.717, 1.165) is 5.69 Å². The maximum atomic E-state index is 12.5. The van der Waals surface area contributed by atoms with Crippen molar-refractivity contribution in [2.45, 2.75) is 13.8 Å². The molecule has 3 aromatic rings. The second-order valence-corrected chi connectivity index (χ2v) is 4.98. The van der Waals surface area contributed by atoms with Gasteiger partial charge in [0.25, 0.3) is 5.91 Å². The minimum Gasteiger partial charge on any atom is -0.493 e. The zero-order chi connectivity index (χ0) is 16.4. The van der Waals surface area contributed by atoms with Gasteiger partial charge in [-0.15, -0.1) is 0 Å². The van der Waals surface area contributed by atoms with Crippen molar-refractivity contribution in [1.82, 2.24) is 14.9 Å². The van der Waals surface area contributed by atoms with Crippen molar-refractivity contribution in [3.8, 4) is 11.4 Å². The third-order valence-electron chi connectivity index (χ3n) is 3.41. The first-order valence-corrected chi connectivity index (χ1v) is 7.03. The Hall–Kier alpha value is -3.09. The van der Waals surface area contributed by atoms with Gasteiger partial charge in [-0.1, -0.05) is 23.4 Å². The van der Waals surface area contributed by atoms with Crippen molar-refractivity contribution in [3.05, 3.63) is 53.7 Å². The molecule has 2 heterocycles. The van der Waals surface area contributed by atoms with E-state index in [1.165, 1.54) is 7.11 Å². The van der Waals surface area contributed by atoms with Gasteiger partial charge in [0.2, 0.25) is 0 Å². The van der Waals surface area contributed by atoms with E-state index in [2.05, 4.69) is 15.6 Å². The highest BCUT2D eigenvalue weighted by Crippen LogP contribution is 2.23. The number of amides is 1. The monoisotopic (exact) mass is 312 g/mol. The average molecular weight is 312 g/mol. The number of benzene rings is 1. The molecule has 1 aromatic carbocycles. The van der Waals surface area contributed by atoms with Gasteiger partial charge in [-0.2, -0.15) is 5.10 Å². The van der Waals surface area contributed by atoms with E-state index >= 15 is 0 Å². The normalized spacial score (nSPS) is 10.6. The molecule has 23 heavy (non-hydrogen) atoms. The largest absolute Gasteiger partial charge is 0.493 e. The number of aryl methyl sites for hydroxylation is 2. The fourth-order valence-corrected chi connectivity index (χ4v) is 2.21. The predicted molar refractivity (Wildman–Crippen MR) is 84.0 cm³/mol. The number of rotatable bonds is 4. The number of aromatic nitrogens is 3. The summed E-state index contributed by atoms with van der Waals surface area (Å²) in [5, 5.41) is 10.9. The Morgan fingerprint density at radius 3 is 2.61 bits per heavy atom. The number of hydrogen-bond donors (Lipinski definition) is 1. The van der Waals surface area contributed by atoms with Crippen molar-refractivity contribution in [2.24, 2.45) is 0 Å². The molecule has 0 saturated carbocycles. The molecule has 118 valence electrons. The van der Waals surface area contributed by atoms with Crippen LogP contribution in [0.2, 0.25) is 0 Å². The lowest BCUT2D eigenvalue weighted by Crippen LogP contribution is -2.15. The summed E-state index contributed by atoms with van der Waals surface area (Å²) in [6.45, 7) is 3.49. The number of carbonyl (C=O) groups is 1. The summed E-state index contributed by atoms with van der Waals surface area (Å²) < 4.78 is 11.9. The van der Waals surface area contributed by atoms with Crippen LogP contribution in [0.4, 0.5) is 5.69 Å². The van der Waals surface area contributed by atoms with Crippen LogP contribution in [-0.2, 0) is 0 Å².